The summed E-state index contributed by atoms with van der Waals surface area (Å²) in [4.78, 5) is 14.7. The number of methoxy groups -OCH3 is 1. The predicted molar refractivity (Wildman–Crippen MR) is 96.5 cm³/mol. The zero-order chi connectivity index (χ0) is 17.9. The number of likely N-dealkylation sites (tertiary alicyclic amines) is 1. The average molecular weight is 366 g/mol. The van der Waals surface area contributed by atoms with Gasteiger partial charge in [0.25, 0.3) is 0 Å². The van der Waals surface area contributed by atoms with Crippen molar-refractivity contribution in [2.24, 2.45) is 0 Å². The van der Waals surface area contributed by atoms with E-state index in [1.54, 1.807) is 7.11 Å². The molecule has 0 bridgehead atoms. The molecule has 2 saturated heterocycles. The zero-order valence-electron chi connectivity index (χ0n) is 14.6. The van der Waals surface area contributed by atoms with E-state index in [0.29, 0.717) is 13.0 Å². The maximum absolute atomic E-state index is 12.8. The Kier molecular flexibility index (Phi) is 5.51. The molecule has 2 atom stereocenters. The Hall–Kier alpha value is -1.76. The van der Waals surface area contributed by atoms with Gasteiger partial charge in [-0.15, -0.1) is 0 Å². The fourth-order valence-corrected chi connectivity index (χ4v) is 5.36. The lowest BCUT2D eigenvalue weighted by molar-refractivity contribution is 0.173. The third kappa shape index (κ3) is 4.45. The molecule has 6 nitrogen and oxygen atoms in total. The standard InChI is InChI=1S/C18H26N2O4S/c1-24-16-8-6-14(7-9-16)17-5-3-2-4-11-20(17)18(21)19-15-10-12-25(22,23)13-15/h6-9,15,17H,2-5,10-13H2,1H3,(H,19,21)/t15-,17+/m0/s1. The number of amides is 2. The lowest BCUT2D eigenvalue weighted by Gasteiger charge is -2.31. The van der Waals surface area contributed by atoms with Gasteiger partial charge >= 0.3 is 6.03 Å². The van der Waals surface area contributed by atoms with Crippen LogP contribution in [0.25, 0.3) is 0 Å². The number of benzene rings is 1. The second-order valence-electron chi connectivity index (χ2n) is 6.88. The van der Waals surface area contributed by atoms with Gasteiger partial charge in [-0.1, -0.05) is 25.0 Å². The number of hydrogen-bond acceptors (Lipinski definition) is 4. The quantitative estimate of drug-likeness (QED) is 0.892. The third-order valence-electron chi connectivity index (χ3n) is 5.07. The van der Waals surface area contributed by atoms with Gasteiger partial charge in [0.1, 0.15) is 5.75 Å². The van der Waals surface area contributed by atoms with Crippen molar-refractivity contribution >= 4 is 15.9 Å². The van der Waals surface area contributed by atoms with Gasteiger partial charge in [0.15, 0.2) is 9.84 Å². The van der Waals surface area contributed by atoms with Crippen LogP contribution in [-0.4, -0.2) is 50.6 Å². The van der Waals surface area contributed by atoms with Crippen LogP contribution >= 0.6 is 0 Å². The second-order valence-corrected chi connectivity index (χ2v) is 9.11. The lowest BCUT2D eigenvalue weighted by atomic mass is 10.0. The topological polar surface area (TPSA) is 75.7 Å². The second kappa shape index (κ2) is 7.64. The Morgan fingerprint density at radius 2 is 1.92 bits per heavy atom. The molecule has 1 N–H and O–H groups in total. The Bertz CT molecular complexity index is 702. The first-order valence-electron chi connectivity index (χ1n) is 8.90. The van der Waals surface area contributed by atoms with E-state index < -0.39 is 9.84 Å². The predicted octanol–water partition coefficient (Wildman–Crippen LogP) is 2.51. The summed E-state index contributed by atoms with van der Waals surface area (Å²) in [5.41, 5.74) is 1.09. The molecular weight excluding hydrogens is 340 g/mol. The summed E-state index contributed by atoms with van der Waals surface area (Å²) in [7, 11) is -1.36. The van der Waals surface area contributed by atoms with Gasteiger partial charge in [-0.3, -0.25) is 0 Å². The maximum Gasteiger partial charge on any atom is 0.318 e. The zero-order valence-corrected chi connectivity index (χ0v) is 15.4. The average Bonchev–Trinajstić information content (AvgIpc) is 2.80. The minimum Gasteiger partial charge on any atom is -0.497 e. The van der Waals surface area contributed by atoms with Crippen LogP contribution < -0.4 is 10.1 Å². The van der Waals surface area contributed by atoms with Crippen LogP contribution in [0.5, 0.6) is 5.75 Å². The number of rotatable bonds is 3. The molecular formula is C18H26N2O4S. The van der Waals surface area contributed by atoms with E-state index in [-0.39, 0.29) is 29.6 Å². The summed E-state index contributed by atoms with van der Waals surface area (Å²) in [6.07, 6.45) is 4.59. The van der Waals surface area contributed by atoms with Gasteiger partial charge in [0.2, 0.25) is 0 Å². The molecule has 3 rings (SSSR count). The number of sulfone groups is 1. The summed E-state index contributed by atoms with van der Waals surface area (Å²) >= 11 is 0. The molecule has 2 heterocycles. The highest BCUT2D eigenvalue weighted by Gasteiger charge is 2.32. The summed E-state index contributed by atoms with van der Waals surface area (Å²) in [6.45, 7) is 0.696. The van der Waals surface area contributed by atoms with Crippen LogP contribution in [0.4, 0.5) is 4.79 Å². The number of urea groups is 1. The van der Waals surface area contributed by atoms with Crippen LogP contribution in [0.3, 0.4) is 0 Å². The molecule has 2 aliphatic rings. The van der Waals surface area contributed by atoms with E-state index in [4.69, 9.17) is 4.74 Å². The van der Waals surface area contributed by atoms with Gasteiger partial charge in [0.05, 0.1) is 24.7 Å². The van der Waals surface area contributed by atoms with E-state index in [0.717, 1.165) is 37.0 Å². The minimum atomic E-state index is -3.00. The first kappa shape index (κ1) is 18.0. The van der Waals surface area contributed by atoms with Crippen LogP contribution in [0, 0.1) is 0 Å². The SMILES string of the molecule is COc1ccc([C@H]2CCCCCN2C(=O)N[C@H]2CCS(=O)(=O)C2)cc1. The molecule has 138 valence electrons. The Balaban J connectivity index is 1.74. The van der Waals surface area contributed by atoms with Crippen LogP contribution in [0.1, 0.15) is 43.7 Å². The van der Waals surface area contributed by atoms with Crippen molar-refractivity contribution in [2.45, 2.75) is 44.2 Å². The normalized spacial score (nSPS) is 26.0. The molecule has 2 amide bonds. The molecule has 0 saturated carbocycles. The molecule has 0 unspecified atom stereocenters. The third-order valence-corrected chi connectivity index (χ3v) is 6.84. The van der Waals surface area contributed by atoms with E-state index >= 15 is 0 Å². The molecule has 0 aromatic heterocycles. The van der Waals surface area contributed by atoms with E-state index in [2.05, 4.69) is 5.32 Å². The molecule has 0 aliphatic carbocycles. The smallest absolute Gasteiger partial charge is 0.318 e. The lowest BCUT2D eigenvalue weighted by Crippen LogP contribution is -2.46. The van der Waals surface area contributed by atoms with Crippen LogP contribution in [-0.2, 0) is 9.84 Å². The Morgan fingerprint density at radius 3 is 2.56 bits per heavy atom. The van der Waals surface area contributed by atoms with Crippen molar-refractivity contribution in [1.82, 2.24) is 10.2 Å². The number of carbonyl (C=O) groups excluding carboxylic acids is 1. The van der Waals surface area contributed by atoms with Crippen molar-refractivity contribution < 1.29 is 17.9 Å². The summed E-state index contributed by atoms with van der Waals surface area (Å²) < 4.78 is 28.5. The first-order chi connectivity index (χ1) is 12.0. The number of ether oxygens (including phenoxy) is 1. The van der Waals surface area contributed by atoms with Gasteiger partial charge in [-0.25, -0.2) is 13.2 Å². The van der Waals surface area contributed by atoms with Gasteiger partial charge in [-0.05, 0) is 37.0 Å². The molecule has 0 radical (unpaired) electrons. The van der Waals surface area contributed by atoms with Crippen molar-refractivity contribution in [1.29, 1.82) is 0 Å². The van der Waals surface area contributed by atoms with Gasteiger partial charge in [0, 0.05) is 12.6 Å². The largest absolute Gasteiger partial charge is 0.497 e. The number of nitrogens with zero attached hydrogens (tertiary/aromatic N) is 1. The molecule has 2 aliphatic heterocycles. The molecule has 1 aromatic carbocycles. The molecule has 1 aromatic rings. The highest BCUT2D eigenvalue weighted by molar-refractivity contribution is 7.91. The molecule has 25 heavy (non-hydrogen) atoms. The molecule has 7 heteroatoms. The monoisotopic (exact) mass is 366 g/mol. The fraction of sp³-hybridized carbons (Fsp3) is 0.611. The maximum atomic E-state index is 12.8. The van der Waals surface area contributed by atoms with Crippen LogP contribution in [0.2, 0.25) is 0 Å². The summed E-state index contributed by atoms with van der Waals surface area (Å²) in [6, 6.07) is 7.46. The van der Waals surface area contributed by atoms with Crippen molar-refractivity contribution in [3.8, 4) is 5.75 Å². The van der Waals surface area contributed by atoms with Crippen molar-refractivity contribution in [3.63, 3.8) is 0 Å². The molecule has 2 fully saturated rings. The van der Waals surface area contributed by atoms with Crippen LogP contribution in [0.15, 0.2) is 24.3 Å². The first-order valence-corrected chi connectivity index (χ1v) is 10.7. The van der Waals surface area contributed by atoms with E-state index in [1.807, 2.05) is 29.2 Å². The van der Waals surface area contributed by atoms with E-state index in [9.17, 15) is 13.2 Å². The number of carbonyl (C=O) groups is 1. The highest BCUT2D eigenvalue weighted by atomic mass is 32.2. The summed E-state index contributed by atoms with van der Waals surface area (Å²) in [5, 5.41) is 2.94. The van der Waals surface area contributed by atoms with Crippen molar-refractivity contribution in [2.75, 3.05) is 25.2 Å². The Labute approximate surface area is 149 Å². The van der Waals surface area contributed by atoms with Gasteiger partial charge in [-0.2, -0.15) is 0 Å². The Morgan fingerprint density at radius 1 is 1.16 bits per heavy atom. The van der Waals surface area contributed by atoms with Crippen molar-refractivity contribution in [3.05, 3.63) is 29.8 Å². The number of hydrogen-bond donors (Lipinski definition) is 1. The highest BCUT2D eigenvalue weighted by Crippen LogP contribution is 2.31. The minimum absolute atomic E-state index is 0.0198. The number of nitrogens with one attached hydrogen (secondary N) is 1. The molecule has 0 spiro atoms. The summed E-state index contributed by atoms with van der Waals surface area (Å²) in [5.74, 6) is 1.02. The van der Waals surface area contributed by atoms with Gasteiger partial charge < -0.3 is 15.0 Å². The van der Waals surface area contributed by atoms with E-state index in [1.165, 1.54) is 0 Å². The fourth-order valence-electron chi connectivity index (χ4n) is 3.69.